The lowest BCUT2D eigenvalue weighted by Gasteiger charge is -2.25. The van der Waals surface area contributed by atoms with Crippen LogP contribution in [0.2, 0.25) is 0 Å². The molecule has 0 aliphatic heterocycles. The Labute approximate surface area is 178 Å². The molecule has 0 atom stereocenters. The minimum absolute atomic E-state index is 0.132. The molecule has 2 aromatic heterocycles. The molecule has 0 amide bonds. The Morgan fingerprint density at radius 3 is 2.47 bits per heavy atom. The fraction of sp³-hybridized carbons (Fsp3) is 0.227. The summed E-state index contributed by atoms with van der Waals surface area (Å²) in [5, 5.41) is 14.1. The molecular formula is C22H22N2O4S2. The van der Waals surface area contributed by atoms with Crippen LogP contribution in [-0.2, 0) is 15.4 Å². The first kappa shape index (κ1) is 20.6. The van der Waals surface area contributed by atoms with E-state index in [0.29, 0.717) is 15.8 Å². The van der Waals surface area contributed by atoms with Crippen LogP contribution in [0.5, 0.6) is 5.75 Å². The smallest absolute Gasteiger partial charge is 0.266 e. The summed E-state index contributed by atoms with van der Waals surface area (Å²) in [4.78, 5) is 15.2. The van der Waals surface area contributed by atoms with Crippen molar-refractivity contribution in [3.8, 4) is 16.9 Å². The highest BCUT2D eigenvalue weighted by Gasteiger charge is 2.23. The number of aromatic amines is 1. The lowest BCUT2D eigenvalue weighted by atomic mass is 9.84. The number of thiophene rings is 1. The molecule has 0 bridgehead atoms. The van der Waals surface area contributed by atoms with Crippen LogP contribution in [0.4, 0.5) is 0 Å². The second-order valence-corrected chi connectivity index (χ2v) is 10.8. The van der Waals surface area contributed by atoms with Crippen molar-refractivity contribution >= 4 is 42.3 Å². The average Bonchev–Trinajstić information content (AvgIpc) is 3.17. The maximum Gasteiger partial charge on any atom is 0.266 e. The highest BCUT2D eigenvalue weighted by atomic mass is 32.2. The largest absolute Gasteiger partial charge is 0.507 e. The van der Waals surface area contributed by atoms with Gasteiger partial charge in [0.25, 0.3) is 5.56 Å². The predicted octanol–water partition coefficient (Wildman–Crippen LogP) is 3.94. The normalized spacial score (nSPS) is 12.6. The highest BCUT2D eigenvalue weighted by Crippen LogP contribution is 2.40. The Balaban J connectivity index is 1.83. The fourth-order valence-corrected chi connectivity index (χ4v) is 5.05. The van der Waals surface area contributed by atoms with Crippen molar-refractivity contribution in [1.82, 2.24) is 9.71 Å². The van der Waals surface area contributed by atoms with E-state index in [0.717, 1.165) is 28.2 Å². The number of aromatic hydroxyl groups is 1. The Morgan fingerprint density at radius 2 is 1.80 bits per heavy atom. The van der Waals surface area contributed by atoms with Gasteiger partial charge < -0.3 is 10.1 Å². The summed E-state index contributed by atoms with van der Waals surface area (Å²) < 4.78 is 26.1. The number of nitrogens with one attached hydrogen (secondary N) is 2. The first-order valence-corrected chi connectivity index (χ1v) is 12.1. The molecule has 0 radical (unpaired) electrons. The van der Waals surface area contributed by atoms with Crippen LogP contribution in [0.15, 0.2) is 52.6 Å². The summed E-state index contributed by atoms with van der Waals surface area (Å²) in [6, 6.07) is 12.9. The third-order valence-corrected chi connectivity index (χ3v) is 6.89. The molecule has 0 aliphatic rings. The molecule has 0 unspecified atom stereocenters. The lowest BCUT2D eigenvalue weighted by Crippen LogP contribution is -2.36. The number of rotatable bonds is 5. The maximum absolute atomic E-state index is 12.3. The van der Waals surface area contributed by atoms with Crippen LogP contribution < -0.4 is 10.3 Å². The molecule has 8 heteroatoms. The number of fused-ring (bicyclic) bond motifs is 3. The molecule has 2 heterocycles. The second-order valence-electron chi connectivity index (χ2n) is 8.05. The van der Waals surface area contributed by atoms with Gasteiger partial charge in [0.15, 0.2) is 0 Å². The second kappa shape index (κ2) is 7.23. The molecule has 6 nitrogen and oxygen atoms in total. The minimum atomic E-state index is -3.28. The molecule has 0 spiro atoms. The molecule has 30 heavy (non-hydrogen) atoms. The SMILES string of the molecule is CC(C)(CNS(C)(=O)=O)c1ccc(-c2c(O)ccc3[nH]c(=O)c4sccc4c23)cc1. The molecule has 156 valence electrons. The van der Waals surface area contributed by atoms with Gasteiger partial charge in [0.05, 0.1) is 6.26 Å². The Kier molecular flexibility index (Phi) is 4.96. The van der Waals surface area contributed by atoms with Crippen LogP contribution in [0.1, 0.15) is 19.4 Å². The topological polar surface area (TPSA) is 99.3 Å². The summed E-state index contributed by atoms with van der Waals surface area (Å²) in [7, 11) is -3.28. The van der Waals surface area contributed by atoms with Crippen molar-refractivity contribution in [2.24, 2.45) is 0 Å². The number of phenolic OH excluding ortho intramolecular Hbond substituents is 1. The average molecular weight is 443 g/mol. The summed E-state index contributed by atoms with van der Waals surface area (Å²) in [5.74, 6) is 0.132. The van der Waals surface area contributed by atoms with E-state index in [2.05, 4.69) is 9.71 Å². The molecule has 0 aliphatic carbocycles. The number of aromatic nitrogens is 1. The molecule has 4 aromatic rings. The van der Waals surface area contributed by atoms with E-state index in [4.69, 9.17) is 0 Å². The zero-order valence-corrected chi connectivity index (χ0v) is 18.4. The molecule has 4 rings (SSSR count). The number of pyridine rings is 1. The van der Waals surface area contributed by atoms with E-state index in [9.17, 15) is 18.3 Å². The van der Waals surface area contributed by atoms with Gasteiger partial charge in [0.1, 0.15) is 10.4 Å². The Bertz CT molecular complexity index is 1420. The van der Waals surface area contributed by atoms with Crippen LogP contribution >= 0.6 is 11.3 Å². The van der Waals surface area contributed by atoms with E-state index in [-0.39, 0.29) is 17.9 Å². The van der Waals surface area contributed by atoms with Crippen LogP contribution in [-0.4, -0.2) is 31.3 Å². The van der Waals surface area contributed by atoms with E-state index < -0.39 is 15.4 Å². The van der Waals surface area contributed by atoms with Crippen LogP contribution in [0.3, 0.4) is 0 Å². The van der Waals surface area contributed by atoms with Gasteiger partial charge in [-0.2, -0.15) is 0 Å². The van der Waals surface area contributed by atoms with Gasteiger partial charge in [-0.25, -0.2) is 13.1 Å². The van der Waals surface area contributed by atoms with Gasteiger partial charge >= 0.3 is 0 Å². The molecule has 2 aromatic carbocycles. The van der Waals surface area contributed by atoms with Crippen molar-refractivity contribution < 1.29 is 13.5 Å². The summed E-state index contributed by atoms with van der Waals surface area (Å²) in [6.45, 7) is 4.21. The van der Waals surface area contributed by atoms with Gasteiger partial charge in [0.2, 0.25) is 10.0 Å². The number of sulfonamides is 1. The minimum Gasteiger partial charge on any atom is -0.507 e. The lowest BCUT2D eigenvalue weighted by molar-refractivity contribution is 0.478. The van der Waals surface area contributed by atoms with Gasteiger partial charge in [-0.3, -0.25) is 4.79 Å². The van der Waals surface area contributed by atoms with E-state index in [1.54, 1.807) is 12.1 Å². The quantitative estimate of drug-likeness (QED) is 0.436. The van der Waals surface area contributed by atoms with Crippen molar-refractivity contribution in [2.45, 2.75) is 19.3 Å². The van der Waals surface area contributed by atoms with Crippen molar-refractivity contribution in [3.63, 3.8) is 0 Å². The number of hydrogen-bond acceptors (Lipinski definition) is 5. The third-order valence-electron chi connectivity index (χ3n) is 5.30. The number of benzene rings is 2. The number of phenols is 1. The zero-order valence-electron chi connectivity index (χ0n) is 16.8. The summed E-state index contributed by atoms with van der Waals surface area (Å²) in [6.07, 6.45) is 1.14. The predicted molar refractivity (Wildman–Crippen MR) is 123 cm³/mol. The van der Waals surface area contributed by atoms with Crippen LogP contribution in [0.25, 0.3) is 32.1 Å². The van der Waals surface area contributed by atoms with Crippen LogP contribution in [0, 0.1) is 0 Å². The first-order chi connectivity index (χ1) is 14.1. The number of hydrogen-bond donors (Lipinski definition) is 3. The molecule has 3 N–H and O–H groups in total. The Hall–Kier alpha value is -2.68. The highest BCUT2D eigenvalue weighted by molar-refractivity contribution is 7.88. The fourth-order valence-electron chi connectivity index (χ4n) is 3.63. The standard InChI is InChI=1S/C22H22N2O4S2/c1-22(2,12-23-30(3,27)28)14-6-4-13(5-7-14)18-17(25)9-8-16-19(18)15-10-11-29-20(15)21(26)24-16/h4-11,23,25H,12H2,1-3H3,(H,24,26). The van der Waals surface area contributed by atoms with Crippen molar-refractivity contribution in [1.29, 1.82) is 0 Å². The van der Waals surface area contributed by atoms with E-state index >= 15 is 0 Å². The van der Waals surface area contributed by atoms with Gasteiger partial charge in [-0.15, -0.1) is 11.3 Å². The zero-order chi connectivity index (χ0) is 21.7. The van der Waals surface area contributed by atoms with E-state index in [1.807, 2.05) is 49.6 Å². The molecule has 0 saturated heterocycles. The summed E-state index contributed by atoms with van der Waals surface area (Å²) >= 11 is 1.37. The molecular weight excluding hydrogens is 420 g/mol. The first-order valence-electron chi connectivity index (χ1n) is 9.37. The van der Waals surface area contributed by atoms with Crippen molar-refractivity contribution in [2.75, 3.05) is 12.8 Å². The van der Waals surface area contributed by atoms with Crippen molar-refractivity contribution in [3.05, 3.63) is 63.8 Å². The molecule has 0 fully saturated rings. The van der Waals surface area contributed by atoms with Gasteiger partial charge in [0, 0.05) is 33.8 Å². The summed E-state index contributed by atoms with van der Waals surface area (Å²) in [5.41, 5.74) is 2.56. The maximum atomic E-state index is 12.3. The monoisotopic (exact) mass is 442 g/mol. The van der Waals surface area contributed by atoms with Gasteiger partial charge in [-0.05, 0) is 34.7 Å². The number of H-pyrrole nitrogens is 1. The van der Waals surface area contributed by atoms with E-state index in [1.165, 1.54) is 11.3 Å². The Morgan fingerprint density at radius 1 is 1.10 bits per heavy atom. The van der Waals surface area contributed by atoms with Gasteiger partial charge in [-0.1, -0.05) is 38.1 Å². The third kappa shape index (κ3) is 3.74. The molecule has 0 saturated carbocycles.